The van der Waals surface area contributed by atoms with Crippen molar-refractivity contribution in [2.75, 3.05) is 0 Å². The van der Waals surface area contributed by atoms with E-state index in [0.29, 0.717) is 17.5 Å². The maximum absolute atomic E-state index is 5.28. The van der Waals surface area contributed by atoms with Gasteiger partial charge in [0.15, 0.2) is 17.5 Å². The number of aromatic nitrogens is 9. The van der Waals surface area contributed by atoms with E-state index in [9.17, 15) is 0 Å². The van der Waals surface area contributed by atoms with Gasteiger partial charge in [-0.1, -0.05) is 425 Å². The first-order chi connectivity index (χ1) is 69.9. The molecule has 0 unspecified atom stereocenters. The molecule has 9 heteroatoms. The Hall–Kier alpha value is -18.6. The summed E-state index contributed by atoms with van der Waals surface area (Å²) in [5.74, 6) is 2.12. The first kappa shape index (κ1) is 84.2. The molecule has 141 heavy (non-hydrogen) atoms. The van der Waals surface area contributed by atoms with Gasteiger partial charge < -0.3 is 0 Å². The highest BCUT2D eigenvalue weighted by molar-refractivity contribution is 5.97. The Morgan fingerprint density at radius 2 is 0.355 bits per heavy atom. The number of hydrogen-bond donors (Lipinski definition) is 0. The zero-order chi connectivity index (χ0) is 93.6. The summed E-state index contributed by atoms with van der Waals surface area (Å²) in [6.45, 7) is 0. The van der Waals surface area contributed by atoms with Gasteiger partial charge in [-0.3, -0.25) is 15.0 Å². The largest absolute Gasteiger partial charge is 0.264 e. The van der Waals surface area contributed by atoms with Crippen molar-refractivity contribution in [2.45, 2.75) is 16.2 Å². The van der Waals surface area contributed by atoms with E-state index in [1.807, 2.05) is 110 Å². The van der Waals surface area contributed by atoms with Crippen molar-refractivity contribution in [1.29, 1.82) is 0 Å². The molecule has 4 aliphatic carbocycles. The van der Waals surface area contributed by atoms with Gasteiger partial charge in [0.2, 0.25) is 0 Å². The third-order valence-corrected chi connectivity index (χ3v) is 28.4. The summed E-state index contributed by atoms with van der Waals surface area (Å²) in [4.78, 5) is 44.4. The van der Waals surface area contributed by atoms with Crippen LogP contribution in [0.1, 0.15) is 66.8 Å². The van der Waals surface area contributed by atoms with Gasteiger partial charge in [-0.05, 0) is 184 Å². The molecule has 0 saturated carbocycles. The zero-order valence-electron chi connectivity index (χ0n) is 76.8. The molecule has 6 heterocycles. The highest BCUT2D eigenvalue weighted by Crippen LogP contribution is 2.64. The lowest BCUT2D eigenvalue weighted by molar-refractivity contribution is 0.767. The van der Waals surface area contributed by atoms with Crippen molar-refractivity contribution < 1.29 is 0 Å². The van der Waals surface area contributed by atoms with Crippen LogP contribution in [0.15, 0.2) is 529 Å². The number of hydrogen-bond acceptors (Lipinski definition) is 9. The van der Waals surface area contributed by atoms with Gasteiger partial charge in [0.1, 0.15) is 0 Å². The Labute approximate surface area is 819 Å². The Morgan fingerprint density at radius 3 is 0.723 bits per heavy atom. The SMILES string of the molecule is c1ccc(-c2cc(-c3ccc4c(c3)C(c3ccccc3)(c3ccccc3)c3ccncc3-4)nc(-c3ccccc3)n2)cc1.c1ccc(-c2cc(-c3cccc(-c4ccc5c(c4)C4(c6ccccc6-c6ccccc64)c4ccncc4-5)c3)nc(-c3ccccc3)n2)cc1.c1ccc(-c2cccc(-c3nc(-c4ccccc4)cc(-c4ccc5c(c4)C(c4ccccc4)(c4ccccc4)c4ccncc4-5)n3)c2)cc1. The average molecular weight is 1800 g/mol. The van der Waals surface area contributed by atoms with Gasteiger partial charge in [-0.25, -0.2) is 29.9 Å². The van der Waals surface area contributed by atoms with Crippen molar-refractivity contribution >= 4 is 0 Å². The van der Waals surface area contributed by atoms with E-state index in [2.05, 4.69) is 434 Å². The minimum Gasteiger partial charge on any atom is -0.264 e. The van der Waals surface area contributed by atoms with E-state index >= 15 is 0 Å². The van der Waals surface area contributed by atoms with Gasteiger partial charge in [0, 0.05) is 104 Å². The fourth-order valence-electron chi connectivity index (χ4n) is 22.1. The quantitative estimate of drug-likeness (QED) is 0.0989. The summed E-state index contributed by atoms with van der Waals surface area (Å²) in [6, 6.07) is 174. The first-order valence-electron chi connectivity index (χ1n) is 47.8. The van der Waals surface area contributed by atoms with Gasteiger partial charge in [-0.2, -0.15) is 0 Å². The van der Waals surface area contributed by atoms with Crippen LogP contribution in [0.4, 0.5) is 0 Å². The van der Waals surface area contributed by atoms with Crippen LogP contribution in [-0.2, 0) is 16.2 Å². The minimum atomic E-state index is -0.520. The Bertz CT molecular complexity index is 8370. The summed E-state index contributed by atoms with van der Waals surface area (Å²) in [7, 11) is 0. The van der Waals surface area contributed by atoms with Crippen LogP contribution < -0.4 is 0 Å². The fourth-order valence-corrected chi connectivity index (χ4v) is 22.1. The maximum atomic E-state index is 5.28. The molecule has 0 aliphatic heterocycles. The molecule has 0 amide bonds. The number of rotatable bonds is 15. The van der Waals surface area contributed by atoms with Crippen LogP contribution in [0, 0.1) is 0 Å². The normalized spacial score (nSPS) is 12.9. The van der Waals surface area contributed by atoms with Crippen molar-refractivity contribution in [3.8, 4) is 168 Å². The van der Waals surface area contributed by atoms with Crippen LogP contribution in [0.25, 0.3) is 168 Å². The topological polar surface area (TPSA) is 116 Å². The molecule has 1 spiro atoms. The molecule has 9 nitrogen and oxygen atoms in total. The second kappa shape index (κ2) is 35.9. The Morgan fingerprint density at radius 1 is 0.128 bits per heavy atom. The summed E-state index contributed by atoms with van der Waals surface area (Å²) in [5.41, 5.74) is 42.6. The zero-order valence-corrected chi connectivity index (χ0v) is 76.8. The molecule has 6 aromatic heterocycles. The van der Waals surface area contributed by atoms with Gasteiger partial charge in [0.05, 0.1) is 50.4 Å². The standard InChI is InChI=1S/C46H29N3.C46H31N3.C40H27N3/c1-3-12-30(13-4-1)43-28-44(49-45(48-43)31-14-5-2-6-15-31)34-17-11-16-32(26-34)33-22-23-37-38-29-47-25-24-41(38)46(42(37)27-33)39-20-9-7-18-35(39)36-19-8-10-21-40(36)46;1-5-14-32(15-6-1)34-18-13-19-36(28-34)45-48-43(33-16-7-2-8-17-33)30-44(49-45)35-24-25-39-40-31-47-27-26-41(40)46(42(39)29-35,37-20-9-3-10-21-37)38-22-11-4-12-23-38;1-5-13-28(14-6-1)37-26-38(43-39(42-37)29-15-7-2-8-16-29)30-21-22-33-34-27-41-24-23-35(34)40(36(33)25-30,31-17-9-3-10-18-31)32-19-11-4-12-20-32/h1-29H;1-31H;1-27H. The van der Waals surface area contributed by atoms with E-state index < -0.39 is 16.2 Å². The molecule has 27 rings (SSSR count). The molecular formula is C132H87N9. The van der Waals surface area contributed by atoms with E-state index in [-0.39, 0.29) is 0 Å². The summed E-state index contributed by atoms with van der Waals surface area (Å²) in [5, 5.41) is 0. The van der Waals surface area contributed by atoms with Gasteiger partial charge >= 0.3 is 0 Å². The lowest BCUT2D eigenvalue weighted by Crippen LogP contribution is -2.28. The van der Waals surface area contributed by atoms with E-state index in [0.717, 1.165) is 112 Å². The maximum Gasteiger partial charge on any atom is 0.160 e. The van der Waals surface area contributed by atoms with Crippen molar-refractivity contribution in [2.24, 2.45) is 0 Å². The first-order valence-corrected chi connectivity index (χ1v) is 47.8. The van der Waals surface area contributed by atoms with Crippen molar-refractivity contribution in [3.63, 3.8) is 0 Å². The van der Waals surface area contributed by atoms with Crippen molar-refractivity contribution in [1.82, 2.24) is 44.9 Å². The number of nitrogens with zero attached hydrogens (tertiary/aromatic N) is 9. The van der Waals surface area contributed by atoms with Crippen LogP contribution in [0.2, 0.25) is 0 Å². The molecule has 23 aromatic rings. The molecule has 0 radical (unpaired) electrons. The highest BCUT2D eigenvalue weighted by Gasteiger charge is 2.53. The molecule has 660 valence electrons. The van der Waals surface area contributed by atoms with Gasteiger partial charge in [-0.15, -0.1) is 0 Å². The predicted molar refractivity (Wildman–Crippen MR) is 570 cm³/mol. The number of fused-ring (bicyclic) bond motifs is 16. The summed E-state index contributed by atoms with van der Waals surface area (Å²) in [6.07, 6.45) is 11.8. The Kier molecular flexibility index (Phi) is 21.4. The van der Waals surface area contributed by atoms with Gasteiger partial charge in [0.25, 0.3) is 0 Å². The van der Waals surface area contributed by atoms with E-state index in [4.69, 9.17) is 29.9 Å². The lowest BCUT2D eigenvalue weighted by Gasteiger charge is -2.34. The summed E-state index contributed by atoms with van der Waals surface area (Å²) >= 11 is 0. The average Bonchev–Trinajstić information content (AvgIpc) is 1.51. The fraction of sp³-hybridized carbons (Fsp3) is 0.0227. The van der Waals surface area contributed by atoms with E-state index in [1.165, 1.54) is 106 Å². The molecule has 0 atom stereocenters. The molecule has 0 fully saturated rings. The molecule has 0 bridgehead atoms. The van der Waals surface area contributed by atoms with Crippen LogP contribution in [0.3, 0.4) is 0 Å². The van der Waals surface area contributed by atoms with Crippen LogP contribution in [-0.4, -0.2) is 44.9 Å². The van der Waals surface area contributed by atoms with Crippen LogP contribution in [0.5, 0.6) is 0 Å². The third-order valence-electron chi connectivity index (χ3n) is 28.4. The second-order valence-electron chi connectivity index (χ2n) is 36.1. The molecular weight excluding hydrogens is 1710 g/mol. The smallest absolute Gasteiger partial charge is 0.160 e. The third kappa shape index (κ3) is 14.7. The Balaban J connectivity index is 0.000000112. The summed E-state index contributed by atoms with van der Waals surface area (Å²) < 4.78 is 0. The molecule has 17 aromatic carbocycles. The van der Waals surface area contributed by atoms with Crippen LogP contribution >= 0.6 is 0 Å². The monoisotopic (exact) mass is 1800 g/mol. The molecule has 4 aliphatic rings. The second-order valence-corrected chi connectivity index (χ2v) is 36.1. The predicted octanol–water partition coefficient (Wildman–Crippen LogP) is 31.0. The van der Waals surface area contributed by atoms with E-state index in [1.54, 1.807) is 0 Å². The number of pyridine rings is 3. The lowest BCUT2D eigenvalue weighted by atomic mass is 9.67. The molecule has 0 saturated heterocycles. The molecule has 0 N–H and O–H groups in total. The minimum absolute atomic E-state index is 0.407. The number of benzene rings is 17. The van der Waals surface area contributed by atoms with Crippen molar-refractivity contribution in [3.05, 3.63) is 595 Å². The highest BCUT2D eigenvalue weighted by atomic mass is 14.9.